The van der Waals surface area contributed by atoms with Crippen molar-refractivity contribution < 1.29 is 0 Å². The van der Waals surface area contributed by atoms with Crippen LogP contribution in [0.15, 0.2) is 65.0 Å². The van der Waals surface area contributed by atoms with E-state index in [0.717, 1.165) is 33.2 Å². The molecule has 4 aromatic rings. The Balaban J connectivity index is 1.62. The van der Waals surface area contributed by atoms with Gasteiger partial charge in [0.15, 0.2) is 5.82 Å². The van der Waals surface area contributed by atoms with Crippen molar-refractivity contribution >= 4 is 33.7 Å². The molecule has 0 aliphatic carbocycles. The van der Waals surface area contributed by atoms with Gasteiger partial charge in [-0.25, -0.2) is 15.0 Å². The number of benzene rings is 2. The monoisotopic (exact) mass is 304 g/mol. The van der Waals surface area contributed by atoms with Gasteiger partial charge in [0.25, 0.3) is 0 Å². The van der Waals surface area contributed by atoms with Gasteiger partial charge in [-0.2, -0.15) is 0 Å². The number of aromatic nitrogens is 3. The van der Waals surface area contributed by atoms with Gasteiger partial charge in [-0.1, -0.05) is 42.5 Å². The van der Waals surface area contributed by atoms with E-state index in [-0.39, 0.29) is 0 Å². The lowest BCUT2D eigenvalue weighted by Crippen LogP contribution is -1.80. The van der Waals surface area contributed by atoms with Crippen LogP contribution < -0.4 is 0 Å². The first-order valence-electron chi connectivity index (χ1n) is 6.88. The van der Waals surface area contributed by atoms with Gasteiger partial charge in [0.2, 0.25) is 5.13 Å². The van der Waals surface area contributed by atoms with Crippen molar-refractivity contribution in [3.05, 3.63) is 65.5 Å². The van der Waals surface area contributed by atoms with Crippen LogP contribution in [0.2, 0.25) is 0 Å². The molecule has 0 amide bonds. The van der Waals surface area contributed by atoms with Crippen molar-refractivity contribution in [3.63, 3.8) is 0 Å². The largest absolute Gasteiger partial charge is 0.337 e. The molecule has 0 saturated heterocycles. The van der Waals surface area contributed by atoms with Crippen molar-refractivity contribution in [3.8, 4) is 11.5 Å². The highest BCUT2D eigenvalue weighted by atomic mass is 32.1. The molecule has 2 aromatic carbocycles. The van der Waals surface area contributed by atoms with Crippen LogP contribution >= 0.6 is 11.3 Å². The number of nitrogens with zero attached hydrogens (tertiary/aromatic N) is 3. The SMILES string of the molecule is C(=Nc1nc(-c2nc3ccccc3[nH]2)cs1)c1ccccc1. The van der Waals surface area contributed by atoms with E-state index in [2.05, 4.69) is 19.9 Å². The van der Waals surface area contributed by atoms with E-state index < -0.39 is 0 Å². The Bertz CT molecular complexity index is 904. The van der Waals surface area contributed by atoms with Crippen LogP contribution in [0.4, 0.5) is 5.13 Å². The first kappa shape index (κ1) is 12.9. The average molecular weight is 304 g/mol. The molecular formula is C17H12N4S. The van der Waals surface area contributed by atoms with Crippen LogP contribution in [0, 0.1) is 0 Å². The summed E-state index contributed by atoms with van der Waals surface area (Å²) in [6.07, 6.45) is 1.82. The number of rotatable bonds is 3. The molecule has 22 heavy (non-hydrogen) atoms. The van der Waals surface area contributed by atoms with Crippen LogP contribution in [0.25, 0.3) is 22.6 Å². The molecule has 0 aliphatic rings. The number of aromatic amines is 1. The molecule has 0 fully saturated rings. The zero-order valence-corrected chi connectivity index (χ0v) is 12.4. The molecule has 0 bridgehead atoms. The van der Waals surface area contributed by atoms with E-state index in [1.807, 2.05) is 66.2 Å². The second-order valence-corrected chi connectivity index (χ2v) is 5.62. The van der Waals surface area contributed by atoms with Gasteiger partial charge >= 0.3 is 0 Å². The number of imidazole rings is 1. The number of H-pyrrole nitrogens is 1. The lowest BCUT2D eigenvalue weighted by atomic mass is 10.2. The Morgan fingerprint density at radius 1 is 0.955 bits per heavy atom. The van der Waals surface area contributed by atoms with Crippen molar-refractivity contribution in [2.24, 2.45) is 4.99 Å². The van der Waals surface area contributed by atoms with E-state index in [1.54, 1.807) is 0 Å². The summed E-state index contributed by atoms with van der Waals surface area (Å²) in [6.45, 7) is 0. The van der Waals surface area contributed by atoms with Crippen molar-refractivity contribution in [2.45, 2.75) is 0 Å². The third-order valence-electron chi connectivity index (χ3n) is 3.25. The molecule has 0 unspecified atom stereocenters. The summed E-state index contributed by atoms with van der Waals surface area (Å²) >= 11 is 1.50. The average Bonchev–Trinajstić information content (AvgIpc) is 3.20. The lowest BCUT2D eigenvalue weighted by Gasteiger charge is -1.89. The Hall–Kier alpha value is -2.79. The molecule has 2 heterocycles. The minimum absolute atomic E-state index is 0.722. The molecule has 0 radical (unpaired) electrons. The number of aliphatic imine (C=N–C) groups is 1. The lowest BCUT2D eigenvalue weighted by molar-refractivity contribution is 1.26. The summed E-state index contributed by atoms with van der Waals surface area (Å²) in [7, 11) is 0. The van der Waals surface area contributed by atoms with Gasteiger partial charge in [-0.15, -0.1) is 11.3 Å². The van der Waals surface area contributed by atoms with Gasteiger partial charge < -0.3 is 4.98 Å². The number of nitrogens with one attached hydrogen (secondary N) is 1. The third-order valence-corrected chi connectivity index (χ3v) is 4.00. The topological polar surface area (TPSA) is 53.9 Å². The molecule has 106 valence electrons. The highest BCUT2D eigenvalue weighted by Crippen LogP contribution is 2.26. The molecule has 0 saturated carbocycles. The van der Waals surface area contributed by atoms with Crippen LogP contribution in [0.5, 0.6) is 0 Å². The summed E-state index contributed by atoms with van der Waals surface area (Å²) in [6, 6.07) is 17.9. The maximum absolute atomic E-state index is 4.55. The van der Waals surface area contributed by atoms with Crippen LogP contribution in [-0.2, 0) is 0 Å². The highest BCUT2D eigenvalue weighted by Gasteiger charge is 2.08. The Kier molecular flexibility index (Phi) is 3.25. The second kappa shape index (κ2) is 5.54. The smallest absolute Gasteiger partial charge is 0.209 e. The second-order valence-electron chi connectivity index (χ2n) is 4.79. The highest BCUT2D eigenvalue weighted by molar-refractivity contribution is 7.13. The van der Waals surface area contributed by atoms with E-state index in [0.29, 0.717) is 0 Å². The van der Waals surface area contributed by atoms with Gasteiger partial charge in [-0.3, -0.25) is 0 Å². The molecule has 4 nitrogen and oxygen atoms in total. The maximum atomic E-state index is 4.55. The Morgan fingerprint density at radius 2 is 1.77 bits per heavy atom. The van der Waals surface area contributed by atoms with E-state index in [9.17, 15) is 0 Å². The number of fused-ring (bicyclic) bond motifs is 1. The molecule has 5 heteroatoms. The predicted molar refractivity (Wildman–Crippen MR) is 90.9 cm³/mol. The van der Waals surface area contributed by atoms with Crippen LogP contribution in [-0.4, -0.2) is 21.2 Å². The molecule has 0 atom stereocenters. The summed E-state index contributed by atoms with van der Waals surface area (Å²) in [5.74, 6) is 0.776. The normalized spacial score (nSPS) is 11.5. The Labute approximate surface area is 131 Å². The fourth-order valence-corrected chi connectivity index (χ4v) is 2.82. The fourth-order valence-electron chi connectivity index (χ4n) is 2.18. The van der Waals surface area contributed by atoms with Crippen molar-refractivity contribution in [1.82, 2.24) is 15.0 Å². The van der Waals surface area contributed by atoms with Crippen LogP contribution in [0.1, 0.15) is 5.56 Å². The number of para-hydroxylation sites is 2. The maximum Gasteiger partial charge on any atom is 0.209 e. The number of hydrogen-bond donors (Lipinski definition) is 1. The molecule has 0 aliphatic heterocycles. The fraction of sp³-hybridized carbons (Fsp3) is 0. The van der Waals surface area contributed by atoms with Gasteiger partial charge in [-0.05, 0) is 17.7 Å². The summed E-state index contributed by atoms with van der Waals surface area (Å²) in [4.78, 5) is 16.8. The summed E-state index contributed by atoms with van der Waals surface area (Å²) < 4.78 is 0. The number of hydrogen-bond acceptors (Lipinski definition) is 4. The molecular weight excluding hydrogens is 292 g/mol. The van der Waals surface area contributed by atoms with Gasteiger partial charge in [0, 0.05) is 11.6 Å². The number of thiazole rings is 1. The summed E-state index contributed by atoms with van der Waals surface area (Å²) in [5.41, 5.74) is 3.84. The predicted octanol–water partition coefficient (Wildman–Crippen LogP) is 4.44. The molecule has 0 spiro atoms. The van der Waals surface area contributed by atoms with Crippen molar-refractivity contribution in [1.29, 1.82) is 0 Å². The third kappa shape index (κ3) is 2.54. The van der Waals surface area contributed by atoms with E-state index >= 15 is 0 Å². The Morgan fingerprint density at radius 3 is 2.64 bits per heavy atom. The zero-order chi connectivity index (χ0) is 14.8. The summed E-state index contributed by atoms with van der Waals surface area (Å²) in [5, 5.41) is 2.69. The van der Waals surface area contributed by atoms with Crippen molar-refractivity contribution in [2.75, 3.05) is 0 Å². The molecule has 2 aromatic heterocycles. The van der Waals surface area contributed by atoms with Gasteiger partial charge in [0.1, 0.15) is 5.69 Å². The first-order chi connectivity index (χ1) is 10.9. The van der Waals surface area contributed by atoms with Crippen LogP contribution in [0.3, 0.4) is 0 Å². The zero-order valence-electron chi connectivity index (χ0n) is 11.6. The quantitative estimate of drug-likeness (QED) is 0.569. The van der Waals surface area contributed by atoms with E-state index in [1.165, 1.54) is 11.3 Å². The van der Waals surface area contributed by atoms with E-state index in [4.69, 9.17) is 0 Å². The molecule has 1 N–H and O–H groups in total. The molecule has 4 rings (SSSR count). The van der Waals surface area contributed by atoms with Gasteiger partial charge in [0.05, 0.1) is 11.0 Å². The standard InChI is InChI=1S/C17H12N4S/c1-2-6-12(7-3-1)10-18-17-21-15(11-22-17)16-19-13-8-4-5-9-14(13)20-16/h1-11H,(H,19,20). The minimum Gasteiger partial charge on any atom is -0.337 e. The first-order valence-corrected chi connectivity index (χ1v) is 7.76. The minimum atomic E-state index is 0.722.